The molecule has 3 N–H and O–H groups in total. The van der Waals surface area contributed by atoms with E-state index in [0.29, 0.717) is 12.1 Å². The lowest BCUT2D eigenvalue weighted by Crippen LogP contribution is -2.06. The fourth-order valence-corrected chi connectivity index (χ4v) is 3.20. The molecule has 0 bridgehead atoms. The van der Waals surface area contributed by atoms with E-state index in [1.54, 1.807) is 0 Å². The van der Waals surface area contributed by atoms with Crippen LogP contribution in [0.4, 0.5) is 5.69 Å². The summed E-state index contributed by atoms with van der Waals surface area (Å²) in [5.74, 6) is -1.86. The first kappa shape index (κ1) is 19.6. The number of ether oxygens (including phenoxy) is 1. The number of benzene rings is 2. The number of hydrogen-bond acceptors (Lipinski definition) is 8. The minimum Gasteiger partial charge on any atom is -0.503 e. The lowest BCUT2D eigenvalue weighted by atomic mass is 10.2. The van der Waals surface area contributed by atoms with Crippen molar-refractivity contribution in [2.75, 3.05) is 0 Å². The van der Waals surface area contributed by atoms with Gasteiger partial charge in [0.25, 0.3) is 25.9 Å². The molecule has 0 spiro atoms. The molecule has 0 saturated carbocycles. The van der Waals surface area contributed by atoms with E-state index in [2.05, 4.69) is 0 Å². The molecule has 0 aliphatic heterocycles. The first-order chi connectivity index (χ1) is 11.9. The molecule has 0 unspecified atom stereocenters. The zero-order chi connectivity index (χ0) is 19.7. The summed E-state index contributed by atoms with van der Waals surface area (Å²) in [7, 11) is -9.96. The summed E-state index contributed by atoms with van der Waals surface area (Å²) >= 11 is 0. The van der Waals surface area contributed by atoms with Crippen LogP contribution in [0.3, 0.4) is 0 Å². The molecule has 0 aliphatic carbocycles. The van der Waals surface area contributed by atoms with Crippen LogP contribution in [0.25, 0.3) is 0 Å². The van der Waals surface area contributed by atoms with E-state index in [1.165, 1.54) is 24.3 Å². The Morgan fingerprint density at radius 2 is 1.65 bits per heavy atom. The molecule has 0 atom stereocenters. The van der Waals surface area contributed by atoms with Gasteiger partial charge in [0.05, 0.1) is 15.4 Å². The van der Waals surface area contributed by atoms with Crippen molar-refractivity contribution >= 4 is 25.9 Å². The Labute approximate surface area is 147 Å². The maximum absolute atomic E-state index is 11.3. The average molecular weight is 405 g/mol. The van der Waals surface area contributed by atoms with Crippen molar-refractivity contribution in [1.29, 1.82) is 0 Å². The number of phenolic OH excluding ortho intramolecular Hbond substituents is 1. The van der Waals surface area contributed by atoms with Crippen LogP contribution in [0.5, 0.6) is 11.5 Å². The van der Waals surface area contributed by atoms with Crippen molar-refractivity contribution in [2.24, 2.45) is 0 Å². The molecule has 0 aliphatic rings. The Balaban J connectivity index is 2.52. The van der Waals surface area contributed by atoms with E-state index in [9.17, 15) is 32.1 Å². The molecular weight excluding hydrogens is 394 g/mol. The summed E-state index contributed by atoms with van der Waals surface area (Å²) in [6.45, 7) is -0.537. The summed E-state index contributed by atoms with van der Waals surface area (Å²) in [5, 5.41) is 20.8. The summed E-state index contributed by atoms with van der Waals surface area (Å²) in [4.78, 5) is 8.06. The van der Waals surface area contributed by atoms with Gasteiger partial charge in [0.1, 0.15) is 11.5 Å². The molecule has 13 heteroatoms. The van der Waals surface area contributed by atoms with Gasteiger partial charge in [-0.1, -0.05) is 12.1 Å². The van der Waals surface area contributed by atoms with Gasteiger partial charge in [-0.3, -0.25) is 19.2 Å². The smallest absolute Gasteiger partial charge is 0.298 e. The highest BCUT2D eigenvalue weighted by molar-refractivity contribution is 7.86. The van der Waals surface area contributed by atoms with Gasteiger partial charge in [-0.05, 0) is 12.1 Å². The van der Waals surface area contributed by atoms with Crippen LogP contribution in [0.2, 0.25) is 0 Å². The van der Waals surface area contributed by atoms with Crippen molar-refractivity contribution in [2.45, 2.75) is 16.4 Å². The molecule has 0 saturated heterocycles. The van der Waals surface area contributed by atoms with Crippen LogP contribution in [0, 0.1) is 10.1 Å². The van der Waals surface area contributed by atoms with Gasteiger partial charge in [0.15, 0.2) is 11.5 Å². The fraction of sp³-hybridized carbons (Fsp3) is 0.0769. The second-order valence-electron chi connectivity index (χ2n) is 4.89. The molecule has 2 aromatic carbocycles. The summed E-state index contributed by atoms with van der Waals surface area (Å²) < 4.78 is 68.3. The Hall–Kier alpha value is -2.74. The van der Waals surface area contributed by atoms with Gasteiger partial charge in [0, 0.05) is 12.1 Å². The van der Waals surface area contributed by atoms with Crippen molar-refractivity contribution in [3.8, 4) is 11.5 Å². The zero-order valence-corrected chi connectivity index (χ0v) is 14.3. The number of para-hydroxylation sites is 1. The molecule has 0 fully saturated rings. The van der Waals surface area contributed by atoms with E-state index < -0.39 is 53.1 Å². The number of nitrogens with zero attached hydrogens (tertiary/aromatic N) is 1. The number of nitro groups is 1. The van der Waals surface area contributed by atoms with Gasteiger partial charge in [-0.15, -0.1) is 0 Å². The number of rotatable bonds is 6. The van der Waals surface area contributed by atoms with Gasteiger partial charge in [-0.2, -0.15) is 16.8 Å². The van der Waals surface area contributed by atoms with Crippen LogP contribution in [-0.2, 0) is 26.8 Å². The minimum absolute atomic E-state index is 0.0440. The molecule has 0 radical (unpaired) electrons. The third-order valence-corrected chi connectivity index (χ3v) is 4.86. The number of nitro benzene ring substituents is 1. The van der Waals surface area contributed by atoms with Gasteiger partial charge in [0.2, 0.25) is 0 Å². The predicted molar refractivity (Wildman–Crippen MR) is 85.2 cm³/mol. The SMILES string of the molecule is O=[N+]([O-])c1ccccc1COc1cc(S(=O)(=O)O)cc(S(=O)(=O)O)c1O. The van der Waals surface area contributed by atoms with E-state index in [0.717, 1.165) is 0 Å². The minimum atomic E-state index is -5.06. The van der Waals surface area contributed by atoms with Crippen LogP contribution in [-0.4, -0.2) is 36.0 Å². The first-order valence-corrected chi connectivity index (χ1v) is 9.46. The van der Waals surface area contributed by atoms with Crippen molar-refractivity contribution in [3.63, 3.8) is 0 Å². The molecule has 2 rings (SSSR count). The highest BCUT2D eigenvalue weighted by Gasteiger charge is 2.25. The molecule has 0 amide bonds. The predicted octanol–water partition coefficient (Wildman–Crippen LogP) is 1.37. The van der Waals surface area contributed by atoms with Crippen molar-refractivity contribution < 1.29 is 40.7 Å². The molecule has 140 valence electrons. The molecule has 2 aromatic rings. The summed E-state index contributed by atoms with van der Waals surface area (Å²) in [6, 6.07) is 6.30. The lowest BCUT2D eigenvalue weighted by Gasteiger charge is -2.12. The van der Waals surface area contributed by atoms with E-state index in [1.807, 2.05) is 0 Å². The van der Waals surface area contributed by atoms with E-state index in [-0.39, 0.29) is 11.3 Å². The number of phenols is 1. The quantitative estimate of drug-likeness (QED) is 0.360. The Morgan fingerprint density at radius 1 is 1.04 bits per heavy atom. The van der Waals surface area contributed by atoms with Crippen LogP contribution in [0.1, 0.15) is 5.56 Å². The van der Waals surface area contributed by atoms with Crippen molar-refractivity contribution in [1.82, 2.24) is 0 Å². The lowest BCUT2D eigenvalue weighted by molar-refractivity contribution is -0.385. The largest absolute Gasteiger partial charge is 0.503 e. The van der Waals surface area contributed by atoms with Crippen molar-refractivity contribution in [3.05, 3.63) is 52.1 Å². The normalized spacial score (nSPS) is 11.9. The standard InChI is InChI=1S/C13H11NO10S2/c15-13-11(24-7-8-3-1-2-4-10(8)14(16)17)5-9(25(18,19)20)6-12(13)26(21,22)23/h1-6,15H,7H2,(H,18,19,20)(H,21,22,23). The van der Waals surface area contributed by atoms with Crippen LogP contribution in [0.15, 0.2) is 46.2 Å². The maximum Gasteiger partial charge on any atom is 0.298 e. The highest BCUT2D eigenvalue weighted by Crippen LogP contribution is 2.37. The van der Waals surface area contributed by atoms with E-state index >= 15 is 0 Å². The zero-order valence-electron chi connectivity index (χ0n) is 12.6. The molecule has 26 heavy (non-hydrogen) atoms. The molecule has 0 aromatic heterocycles. The number of hydrogen-bond donors (Lipinski definition) is 3. The van der Waals surface area contributed by atoms with Gasteiger partial charge >= 0.3 is 0 Å². The third kappa shape index (κ3) is 4.26. The Morgan fingerprint density at radius 3 is 2.19 bits per heavy atom. The summed E-state index contributed by atoms with van der Waals surface area (Å²) in [6.07, 6.45) is 0. The number of aromatic hydroxyl groups is 1. The van der Waals surface area contributed by atoms with Gasteiger partial charge < -0.3 is 9.84 Å². The Kier molecular flexibility index (Phi) is 5.18. The topological polar surface area (TPSA) is 181 Å². The molecule has 11 nitrogen and oxygen atoms in total. The second-order valence-corrected chi connectivity index (χ2v) is 7.70. The highest BCUT2D eigenvalue weighted by atomic mass is 32.2. The molecule has 0 heterocycles. The first-order valence-electron chi connectivity index (χ1n) is 6.58. The monoisotopic (exact) mass is 405 g/mol. The Bertz CT molecular complexity index is 1080. The summed E-state index contributed by atoms with van der Waals surface area (Å²) in [5.41, 5.74) is -0.282. The second kappa shape index (κ2) is 6.87. The average Bonchev–Trinajstić information content (AvgIpc) is 2.51. The molecular formula is C13H11NO10S2. The van der Waals surface area contributed by atoms with Crippen LogP contribution >= 0.6 is 0 Å². The van der Waals surface area contributed by atoms with Crippen LogP contribution < -0.4 is 4.74 Å². The van der Waals surface area contributed by atoms with E-state index in [4.69, 9.17) is 13.8 Å². The fourth-order valence-electron chi connectivity index (χ4n) is 1.98. The van der Waals surface area contributed by atoms with Gasteiger partial charge in [-0.25, -0.2) is 0 Å². The maximum atomic E-state index is 11.3. The third-order valence-electron chi connectivity index (χ3n) is 3.16.